The Morgan fingerprint density at radius 2 is 1.81 bits per heavy atom. The SMILES string of the molecule is NC(=O)C1CSCCN1C(=O)CCc1ccc(OCc2ccccc2)cc1. The Balaban J connectivity index is 1.49. The van der Waals surface area contributed by atoms with E-state index in [2.05, 4.69) is 0 Å². The number of nitrogens with two attached hydrogens (primary N) is 1. The number of carbonyl (C=O) groups excluding carboxylic acids is 2. The molecule has 1 fully saturated rings. The second-order valence-corrected chi connectivity index (χ2v) is 7.65. The Morgan fingerprint density at radius 3 is 2.52 bits per heavy atom. The van der Waals surface area contributed by atoms with E-state index in [0.29, 0.717) is 31.7 Å². The Hall–Kier alpha value is -2.47. The summed E-state index contributed by atoms with van der Waals surface area (Å²) in [5, 5.41) is 0. The van der Waals surface area contributed by atoms with Crippen molar-refractivity contribution in [1.29, 1.82) is 0 Å². The highest BCUT2D eigenvalue weighted by Gasteiger charge is 2.30. The van der Waals surface area contributed by atoms with Crippen LogP contribution in [0.1, 0.15) is 17.5 Å². The van der Waals surface area contributed by atoms with Crippen LogP contribution in [0.3, 0.4) is 0 Å². The van der Waals surface area contributed by atoms with Gasteiger partial charge in [0.2, 0.25) is 11.8 Å². The van der Waals surface area contributed by atoms with E-state index in [1.807, 2.05) is 54.6 Å². The summed E-state index contributed by atoms with van der Waals surface area (Å²) in [6.07, 6.45) is 1.01. The minimum absolute atomic E-state index is 0.0106. The molecule has 142 valence electrons. The van der Waals surface area contributed by atoms with Gasteiger partial charge in [-0.15, -0.1) is 0 Å². The van der Waals surface area contributed by atoms with E-state index in [1.165, 1.54) is 0 Å². The van der Waals surface area contributed by atoms with Crippen molar-refractivity contribution >= 4 is 23.6 Å². The number of nitrogens with zero attached hydrogens (tertiary/aromatic N) is 1. The number of amides is 2. The molecule has 1 atom stereocenters. The van der Waals surface area contributed by atoms with E-state index in [4.69, 9.17) is 10.5 Å². The minimum atomic E-state index is -0.481. The lowest BCUT2D eigenvalue weighted by molar-refractivity contribution is -0.138. The van der Waals surface area contributed by atoms with Crippen molar-refractivity contribution in [3.63, 3.8) is 0 Å². The van der Waals surface area contributed by atoms with Gasteiger partial charge in [0.15, 0.2) is 0 Å². The van der Waals surface area contributed by atoms with Crippen LogP contribution in [0.4, 0.5) is 0 Å². The number of rotatable bonds is 7. The zero-order chi connectivity index (χ0) is 19.1. The molecule has 27 heavy (non-hydrogen) atoms. The van der Waals surface area contributed by atoms with E-state index in [-0.39, 0.29) is 5.91 Å². The number of thioether (sulfide) groups is 1. The quantitative estimate of drug-likeness (QED) is 0.796. The van der Waals surface area contributed by atoms with Crippen LogP contribution in [0.5, 0.6) is 5.75 Å². The zero-order valence-electron chi connectivity index (χ0n) is 15.2. The smallest absolute Gasteiger partial charge is 0.241 e. The lowest BCUT2D eigenvalue weighted by Crippen LogP contribution is -2.52. The van der Waals surface area contributed by atoms with E-state index in [0.717, 1.165) is 22.6 Å². The van der Waals surface area contributed by atoms with Gasteiger partial charge in [-0.1, -0.05) is 42.5 Å². The average Bonchev–Trinajstić information content (AvgIpc) is 2.72. The lowest BCUT2D eigenvalue weighted by atomic mass is 10.1. The van der Waals surface area contributed by atoms with Gasteiger partial charge in [0.25, 0.3) is 0 Å². The average molecular weight is 385 g/mol. The van der Waals surface area contributed by atoms with Gasteiger partial charge in [-0.05, 0) is 29.7 Å². The standard InChI is InChI=1S/C21H24N2O3S/c22-21(25)19-15-27-13-12-23(19)20(24)11-8-16-6-9-18(10-7-16)26-14-17-4-2-1-3-5-17/h1-7,9-10,19H,8,11-15H2,(H2,22,25). The van der Waals surface area contributed by atoms with Crippen LogP contribution in [-0.4, -0.2) is 40.8 Å². The molecule has 1 unspecified atom stereocenters. The fraction of sp³-hybridized carbons (Fsp3) is 0.333. The fourth-order valence-electron chi connectivity index (χ4n) is 3.03. The van der Waals surface area contributed by atoms with Crippen LogP contribution < -0.4 is 10.5 Å². The van der Waals surface area contributed by atoms with Crippen LogP contribution in [-0.2, 0) is 22.6 Å². The number of aryl methyl sites for hydroxylation is 1. The van der Waals surface area contributed by atoms with Crippen molar-refractivity contribution in [3.8, 4) is 5.75 Å². The Morgan fingerprint density at radius 1 is 1.07 bits per heavy atom. The molecule has 2 amide bonds. The highest BCUT2D eigenvalue weighted by molar-refractivity contribution is 7.99. The van der Waals surface area contributed by atoms with Gasteiger partial charge < -0.3 is 15.4 Å². The second-order valence-electron chi connectivity index (χ2n) is 6.50. The normalized spacial score (nSPS) is 16.7. The topological polar surface area (TPSA) is 72.6 Å². The predicted molar refractivity (Wildman–Crippen MR) is 108 cm³/mol. The molecule has 0 aliphatic carbocycles. The molecule has 0 aromatic heterocycles. The van der Waals surface area contributed by atoms with Crippen LogP contribution in [0.2, 0.25) is 0 Å². The van der Waals surface area contributed by atoms with Crippen molar-refractivity contribution in [2.24, 2.45) is 5.73 Å². The van der Waals surface area contributed by atoms with Gasteiger partial charge in [0.1, 0.15) is 18.4 Å². The van der Waals surface area contributed by atoms with Gasteiger partial charge in [0.05, 0.1) is 0 Å². The molecule has 0 radical (unpaired) electrons. The van der Waals surface area contributed by atoms with Gasteiger partial charge in [-0.2, -0.15) is 11.8 Å². The fourth-order valence-corrected chi connectivity index (χ4v) is 4.09. The summed E-state index contributed by atoms with van der Waals surface area (Å²) in [5.41, 5.74) is 7.62. The maximum absolute atomic E-state index is 12.5. The van der Waals surface area contributed by atoms with Gasteiger partial charge in [-0.25, -0.2) is 0 Å². The lowest BCUT2D eigenvalue weighted by Gasteiger charge is -2.33. The zero-order valence-corrected chi connectivity index (χ0v) is 16.0. The summed E-state index contributed by atoms with van der Waals surface area (Å²) in [6.45, 7) is 1.11. The summed E-state index contributed by atoms with van der Waals surface area (Å²) >= 11 is 1.66. The number of ether oxygens (including phenoxy) is 1. The number of hydrogen-bond acceptors (Lipinski definition) is 4. The van der Waals surface area contributed by atoms with Crippen molar-refractivity contribution in [2.75, 3.05) is 18.1 Å². The first-order chi connectivity index (χ1) is 13.1. The van der Waals surface area contributed by atoms with Crippen molar-refractivity contribution < 1.29 is 14.3 Å². The number of benzene rings is 2. The summed E-state index contributed by atoms with van der Waals surface area (Å²) in [5.74, 6) is 1.81. The monoisotopic (exact) mass is 384 g/mol. The van der Waals surface area contributed by atoms with Gasteiger partial charge in [-0.3, -0.25) is 9.59 Å². The summed E-state index contributed by atoms with van der Waals surface area (Å²) in [7, 11) is 0. The maximum atomic E-state index is 12.5. The van der Waals surface area contributed by atoms with E-state index in [9.17, 15) is 9.59 Å². The Labute approximate surface area is 163 Å². The molecular weight excluding hydrogens is 360 g/mol. The Kier molecular flexibility index (Phi) is 6.76. The first kappa shape index (κ1) is 19.3. The summed E-state index contributed by atoms with van der Waals surface area (Å²) in [4.78, 5) is 25.7. The molecule has 1 aliphatic rings. The van der Waals surface area contributed by atoms with E-state index in [1.54, 1.807) is 16.7 Å². The third-order valence-electron chi connectivity index (χ3n) is 4.58. The highest BCUT2D eigenvalue weighted by Crippen LogP contribution is 2.19. The molecule has 2 aromatic carbocycles. The van der Waals surface area contributed by atoms with Crippen LogP contribution >= 0.6 is 11.8 Å². The molecule has 0 bridgehead atoms. The molecule has 1 saturated heterocycles. The molecule has 0 saturated carbocycles. The van der Waals surface area contributed by atoms with Crippen LogP contribution in [0.15, 0.2) is 54.6 Å². The maximum Gasteiger partial charge on any atom is 0.241 e. The number of hydrogen-bond donors (Lipinski definition) is 1. The molecule has 1 aliphatic heterocycles. The van der Waals surface area contributed by atoms with Crippen LogP contribution in [0.25, 0.3) is 0 Å². The Bertz CT molecular complexity index is 765. The molecule has 0 spiro atoms. The minimum Gasteiger partial charge on any atom is -0.489 e. The molecule has 2 N–H and O–H groups in total. The third kappa shape index (κ3) is 5.50. The molecule has 1 heterocycles. The largest absolute Gasteiger partial charge is 0.489 e. The number of carbonyl (C=O) groups is 2. The van der Waals surface area contributed by atoms with E-state index < -0.39 is 11.9 Å². The molecule has 6 heteroatoms. The summed E-state index contributed by atoms with van der Waals surface area (Å²) in [6, 6.07) is 17.3. The van der Waals surface area contributed by atoms with Crippen LogP contribution in [0, 0.1) is 0 Å². The van der Waals surface area contributed by atoms with Crippen molar-refractivity contribution in [1.82, 2.24) is 4.90 Å². The highest BCUT2D eigenvalue weighted by atomic mass is 32.2. The van der Waals surface area contributed by atoms with E-state index >= 15 is 0 Å². The van der Waals surface area contributed by atoms with Gasteiger partial charge in [0, 0.05) is 24.5 Å². The number of primary amides is 1. The molecule has 2 aromatic rings. The second kappa shape index (κ2) is 9.46. The van der Waals surface area contributed by atoms with Crippen molar-refractivity contribution in [3.05, 3.63) is 65.7 Å². The molecular formula is C21H24N2O3S. The molecule has 5 nitrogen and oxygen atoms in total. The van der Waals surface area contributed by atoms with Gasteiger partial charge >= 0.3 is 0 Å². The summed E-state index contributed by atoms with van der Waals surface area (Å²) < 4.78 is 5.78. The first-order valence-electron chi connectivity index (χ1n) is 9.05. The first-order valence-corrected chi connectivity index (χ1v) is 10.2. The molecule has 3 rings (SSSR count). The third-order valence-corrected chi connectivity index (χ3v) is 5.60. The predicted octanol–water partition coefficient (Wildman–Crippen LogP) is 2.63. The van der Waals surface area contributed by atoms with Crippen molar-refractivity contribution in [2.45, 2.75) is 25.5 Å².